The van der Waals surface area contributed by atoms with E-state index in [4.69, 9.17) is 4.74 Å². The maximum Gasteiger partial charge on any atom is 0.122 e. The highest BCUT2D eigenvalue weighted by molar-refractivity contribution is 5.41. The lowest BCUT2D eigenvalue weighted by Gasteiger charge is -2.19. The lowest BCUT2D eigenvalue weighted by Crippen LogP contribution is -2.34. The first kappa shape index (κ1) is 15.0. The number of nitrogens with one attached hydrogen (secondary N) is 1. The molecule has 0 fully saturated rings. The van der Waals surface area contributed by atoms with E-state index in [2.05, 4.69) is 52.1 Å². The number of hydrogen-bond donors (Lipinski definition) is 1. The van der Waals surface area contributed by atoms with E-state index in [0.29, 0.717) is 6.04 Å². The van der Waals surface area contributed by atoms with E-state index in [1.54, 1.807) is 0 Å². The molecule has 0 aliphatic heterocycles. The Hall–Kier alpha value is -1.02. The van der Waals surface area contributed by atoms with Crippen molar-refractivity contribution in [3.8, 4) is 5.75 Å². The molecule has 0 aliphatic carbocycles. The Morgan fingerprint density at radius 2 is 1.89 bits per heavy atom. The third-order valence-electron chi connectivity index (χ3n) is 3.33. The molecule has 0 saturated carbocycles. The van der Waals surface area contributed by atoms with Gasteiger partial charge in [0.1, 0.15) is 12.4 Å². The van der Waals surface area contributed by atoms with Crippen molar-refractivity contribution < 1.29 is 4.74 Å². The van der Waals surface area contributed by atoms with Crippen molar-refractivity contribution in [3.05, 3.63) is 28.8 Å². The topological polar surface area (TPSA) is 21.3 Å². The Morgan fingerprint density at radius 1 is 1.17 bits per heavy atom. The summed E-state index contributed by atoms with van der Waals surface area (Å²) >= 11 is 0. The summed E-state index contributed by atoms with van der Waals surface area (Å²) in [6.45, 7) is 12.5. The Bertz CT molecular complexity index is 368. The van der Waals surface area contributed by atoms with Crippen LogP contribution in [-0.4, -0.2) is 19.2 Å². The van der Waals surface area contributed by atoms with Gasteiger partial charge in [-0.05, 0) is 56.5 Å². The zero-order valence-corrected chi connectivity index (χ0v) is 12.5. The molecule has 0 aliphatic rings. The normalized spacial score (nSPS) is 12.5. The lowest BCUT2D eigenvalue weighted by molar-refractivity contribution is 0.256. The predicted octanol–water partition coefficient (Wildman–Crippen LogP) is 3.77. The molecule has 0 aromatic heterocycles. The molecule has 1 unspecified atom stereocenters. The average molecular weight is 249 g/mol. The number of ether oxygens (including phenoxy) is 1. The molecule has 18 heavy (non-hydrogen) atoms. The first-order valence-corrected chi connectivity index (χ1v) is 7.02. The van der Waals surface area contributed by atoms with Crippen LogP contribution in [0.25, 0.3) is 0 Å². The van der Waals surface area contributed by atoms with E-state index in [-0.39, 0.29) is 0 Å². The molecule has 1 rings (SSSR count). The van der Waals surface area contributed by atoms with E-state index in [9.17, 15) is 0 Å². The van der Waals surface area contributed by atoms with E-state index in [0.717, 1.165) is 25.3 Å². The summed E-state index contributed by atoms with van der Waals surface area (Å²) in [6.07, 6.45) is 2.35. The Kier molecular flexibility index (Phi) is 6.20. The third kappa shape index (κ3) is 4.34. The number of benzene rings is 1. The summed E-state index contributed by atoms with van der Waals surface area (Å²) in [5.41, 5.74) is 3.83. The smallest absolute Gasteiger partial charge is 0.122 e. The molecule has 1 atom stereocenters. The van der Waals surface area contributed by atoms with E-state index >= 15 is 0 Å². The van der Waals surface area contributed by atoms with Crippen LogP contribution < -0.4 is 10.1 Å². The van der Waals surface area contributed by atoms with Crippen LogP contribution in [0.3, 0.4) is 0 Å². The SMILES string of the molecule is CCCC(COc1cc(C)cc(C)c1C)NCC. The van der Waals surface area contributed by atoms with Crippen LogP contribution in [0.4, 0.5) is 0 Å². The molecule has 2 heteroatoms. The minimum Gasteiger partial charge on any atom is -0.492 e. The minimum absolute atomic E-state index is 0.459. The second-order valence-corrected chi connectivity index (χ2v) is 5.06. The predicted molar refractivity (Wildman–Crippen MR) is 78.5 cm³/mol. The number of likely N-dealkylation sites (N-methyl/N-ethyl adjacent to an activating group) is 1. The van der Waals surface area contributed by atoms with E-state index in [1.165, 1.54) is 23.1 Å². The summed E-state index contributed by atoms with van der Waals surface area (Å²) in [5, 5.41) is 3.48. The van der Waals surface area contributed by atoms with Gasteiger partial charge >= 0.3 is 0 Å². The van der Waals surface area contributed by atoms with Crippen molar-refractivity contribution in [1.82, 2.24) is 5.32 Å². The van der Waals surface area contributed by atoms with E-state index in [1.807, 2.05) is 0 Å². The molecule has 1 aromatic rings. The summed E-state index contributed by atoms with van der Waals surface area (Å²) < 4.78 is 6.00. The molecule has 0 heterocycles. The molecule has 1 N–H and O–H groups in total. The summed E-state index contributed by atoms with van der Waals surface area (Å²) in [4.78, 5) is 0. The third-order valence-corrected chi connectivity index (χ3v) is 3.33. The van der Waals surface area contributed by atoms with Gasteiger partial charge in [-0.3, -0.25) is 0 Å². The second kappa shape index (κ2) is 7.42. The van der Waals surface area contributed by atoms with Gasteiger partial charge in [0.2, 0.25) is 0 Å². The van der Waals surface area contributed by atoms with Gasteiger partial charge in [0.25, 0.3) is 0 Å². The molecule has 0 radical (unpaired) electrons. The van der Waals surface area contributed by atoms with Crippen LogP contribution in [0.2, 0.25) is 0 Å². The van der Waals surface area contributed by atoms with Crippen molar-refractivity contribution in [2.45, 2.75) is 53.5 Å². The monoisotopic (exact) mass is 249 g/mol. The highest BCUT2D eigenvalue weighted by Gasteiger charge is 2.09. The van der Waals surface area contributed by atoms with Crippen molar-refractivity contribution in [2.75, 3.05) is 13.2 Å². The maximum atomic E-state index is 6.00. The highest BCUT2D eigenvalue weighted by atomic mass is 16.5. The summed E-state index contributed by atoms with van der Waals surface area (Å²) in [5.74, 6) is 1.03. The minimum atomic E-state index is 0.459. The number of hydrogen-bond acceptors (Lipinski definition) is 2. The molecule has 0 spiro atoms. The van der Waals surface area contributed by atoms with Gasteiger partial charge in [-0.25, -0.2) is 0 Å². The zero-order valence-electron chi connectivity index (χ0n) is 12.5. The molecule has 0 saturated heterocycles. The van der Waals surface area contributed by atoms with Gasteiger partial charge < -0.3 is 10.1 Å². The zero-order chi connectivity index (χ0) is 13.5. The van der Waals surface area contributed by atoms with Crippen molar-refractivity contribution in [3.63, 3.8) is 0 Å². The van der Waals surface area contributed by atoms with Crippen LogP contribution in [0.1, 0.15) is 43.4 Å². The standard InChI is InChI=1S/C16H27NO/c1-6-8-15(17-7-2)11-18-16-10-12(3)9-13(4)14(16)5/h9-10,15,17H,6-8,11H2,1-5H3. The first-order chi connectivity index (χ1) is 8.58. The summed E-state index contributed by atoms with van der Waals surface area (Å²) in [6, 6.07) is 4.80. The average Bonchev–Trinajstić information content (AvgIpc) is 2.32. The van der Waals surface area contributed by atoms with Gasteiger partial charge in [0.15, 0.2) is 0 Å². The van der Waals surface area contributed by atoms with Gasteiger partial charge in [0, 0.05) is 6.04 Å². The molecule has 1 aromatic carbocycles. The van der Waals surface area contributed by atoms with Gasteiger partial charge in [-0.15, -0.1) is 0 Å². The fourth-order valence-corrected chi connectivity index (χ4v) is 2.22. The van der Waals surface area contributed by atoms with Crippen LogP contribution in [0.5, 0.6) is 5.75 Å². The Labute approximate surface area is 112 Å². The Morgan fingerprint density at radius 3 is 2.50 bits per heavy atom. The Balaban J connectivity index is 2.66. The first-order valence-electron chi connectivity index (χ1n) is 7.02. The van der Waals surface area contributed by atoms with Gasteiger partial charge in [-0.1, -0.05) is 26.3 Å². The molecule has 2 nitrogen and oxygen atoms in total. The molecule has 102 valence electrons. The summed E-state index contributed by atoms with van der Waals surface area (Å²) in [7, 11) is 0. The van der Waals surface area contributed by atoms with Crippen LogP contribution >= 0.6 is 0 Å². The number of aryl methyl sites for hydroxylation is 2. The molecular formula is C16H27NO. The van der Waals surface area contributed by atoms with Crippen LogP contribution in [-0.2, 0) is 0 Å². The fourth-order valence-electron chi connectivity index (χ4n) is 2.22. The van der Waals surface area contributed by atoms with E-state index < -0.39 is 0 Å². The highest BCUT2D eigenvalue weighted by Crippen LogP contribution is 2.23. The van der Waals surface area contributed by atoms with Crippen molar-refractivity contribution in [2.24, 2.45) is 0 Å². The van der Waals surface area contributed by atoms with Gasteiger partial charge in [-0.2, -0.15) is 0 Å². The second-order valence-electron chi connectivity index (χ2n) is 5.06. The van der Waals surface area contributed by atoms with Gasteiger partial charge in [0.05, 0.1) is 0 Å². The largest absolute Gasteiger partial charge is 0.492 e. The van der Waals surface area contributed by atoms with Crippen molar-refractivity contribution in [1.29, 1.82) is 0 Å². The fraction of sp³-hybridized carbons (Fsp3) is 0.625. The van der Waals surface area contributed by atoms with Crippen LogP contribution in [0, 0.1) is 20.8 Å². The molecule has 0 bridgehead atoms. The number of rotatable bonds is 7. The lowest BCUT2D eigenvalue weighted by atomic mass is 10.1. The van der Waals surface area contributed by atoms with Crippen molar-refractivity contribution >= 4 is 0 Å². The molecule has 0 amide bonds. The molecular weight excluding hydrogens is 222 g/mol. The quantitative estimate of drug-likeness (QED) is 0.794. The van der Waals surface area contributed by atoms with Crippen LogP contribution in [0.15, 0.2) is 12.1 Å². The maximum absolute atomic E-state index is 6.00.